The molecule has 2 aliphatic heterocycles. The van der Waals surface area contributed by atoms with Crippen molar-refractivity contribution in [1.82, 2.24) is 24.8 Å². The molecule has 0 atom stereocenters. The highest BCUT2D eigenvalue weighted by Gasteiger charge is 2.43. The molecule has 1 spiro atoms. The quantitative estimate of drug-likeness (QED) is 0.554. The third-order valence-electron chi connectivity index (χ3n) is 6.69. The first-order chi connectivity index (χ1) is 16.2. The van der Waals surface area contributed by atoms with Crippen LogP contribution >= 0.6 is 0 Å². The van der Waals surface area contributed by atoms with Crippen LogP contribution < -0.4 is 4.90 Å². The van der Waals surface area contributed by atoms with E-state index in [2.05, 4.69) is 19.9 Å². The third-order valence-corrected chi connectivity index (χ3v) is 6.69. The molecule has 2 aliphatic rings. The van der Waals surface area contributed by atoms with Crippen molar-refractivity contribution in [2.75, 3.05) is 31.1 Å². The van der Waals surface area contributed by atoms with E-state index >= 15 is 0 Å². The Morgan fingerprint density at radius 3 is 2.44 bits per heavy atom. The van der Waals surface area contributed by atoms with Gasteiger partial charge in [0.05, 0.1) is 23.3 Å². The Bertz CT molecular complexity index is 1210. The number of aromatic nitrogens is 4. The Labute approximate surface area is 198 Å². The van der Waals surface area contributed by atoms with E-state index in [0.29, 0.717) is 35.6 Å². The van der Waals surface area contributed by atoms with Gasteiger partial charge in [-0.1, -0.05) is 0 Å². The van der Waals surface area contributed by atoms with Crippen LogP contribution in [0.1, 0.15) is 40.0 Å². The average molecular weight is 465 g/mol. The van der Waals surface area contributed by atoms with E-state index in [9.17, 15) is 9.18 Å². The maximum atomic E-state index is 14.9. The SMILES string of the molecule is CC(C)(C)OC(=O)N1CCC2(CCN(c3nc(-c4ccncc4)nc4cncc(F)c34)CC2)C1. The van der Waals surface area contributed by atoms with Crippen LogP contribution in [0.2, 0.25) is 0 Å². The zero-order valence-electron chi connectivity index (χ0n) is 19.8. The summed E-state index contributed by atoms with van der Waals surface area (Å²) in [7, 11) is 0. The van der Waals surface area contributed by atoms with Gasteiger partial charge in [0.25, 0.3) is 0 Å². The molecule has 8 nitrogen and oxygen atoms in total. The first-order valence-electron chi connectivity index (χ1n) is 11.7. The van der Waals surface area contributed by atoms with Crippen LogP contribution in [-0.4, -0.2) is 62.7 Å². The number of likely N-dealkylation sites (tertiary alicyclic amines) is 1. The van der Waals surface area contributed by atoms with Crippen molar-refractivity contribution in [3.05, 3.63) is 42.7 Å². The second-order valence-electron chi connectivity index (χ2n) is 10.3. The molecule has 0 N–H and O–H groups in total. The van der Waals surface area contributed by atoms with Crippen LogP contribution in [0.25, 0.3) is 22.3 Å². The smallest absolute Gasteiger partial charge is 0.410 e. The lowest BCUT2D eigenvalue weighted by Crippen LogP contribution is -2.43. The fraction of sp³-hybridized carbons (Fsp3) is 0.480. The first kappa shape index (κ1) is 22.4. The molecule has 0 aliphatic carbocycles. The highest BCUT2D eigenvalue weighted by atomic mass is 19.1. The molecule has 2 saturated heterocycles. The van der Waals surface area contributed by atoms with Gasteiger partial charge < -0.3 is 14.5 Å². The molecule has 0 aromatic carbocycles. The number of anilines is 1. The van der Waals surface area contributed by atoms with Crippen molar-refractivity contribution in [2.45, 2.75) is 45.6 Å². The molecule has 0 saturated carbocycles. The average Bonchev–Trinajstić information content (AvgIpc) is 3.22. The largest absolute Gasteiger partial charge is 0.444 e. The molecule has 0 unspecified atom stereocenters. The third kappa shape index (κ3) is 4.38. The van der Waals surface area contributed by atoms with Gasteiger partial charge in [0.1, 0.15) is 11.4 Å². The van der Waals surface area contributed by atoms with Gasteiger partial charge in [-0.3, -0.25) is 9.97 Å². The minimum atomic E-state index is -0.504. The predicted octanol–water partition coefficient (Wildman–Crippen LogP) is 4.45. The van der Waals surface area contributed by atoms with Crippen molar-refractivity contribution >= 4 is 22.8 Å². The number of rotatable bonds is 2. The monoisotopic (exact) mass is 464 g/mol. The molecule has 1 amide bonds. The van der Waals surface area contributed by atoms with Gasteiger partial charge in [0.2, 0.25) is 0 Å². The lowest BCUT2D eigenvalue weighted by atomic mass is 9.78. The summed E-state index contributed by atoms with van der Waals surface area (Å²) in [5.74, 6) is 0.689. The number of fused-ring (bicyclic) bond motifs is 1. The molecule has 5 heterocycles. The van der Waals surface area contributed by atoms with E-state index in [0.717, 1.165) is 37.9 Å². The van der Waals surface area contributed by atoms with Crippen LogP contribution in [0.5, 0.6) is 0 Å². The zero-order chi connectivity index (χ0) is 23.9. The molecule has 3 aromatic rings. The summed E-state index contributed by atoms with van der Waals surface area (Å²) >= 11 is 0. The second kappa shape index (κ2) is 8.45. The number of amides is 1. The van der Waals surface area contributed by atoms with Gasteiger partial charge in [-0.15, -0.1) is 0 Å². The van der Waals surface area contributed by atoms with Gasteiger partial charge in [-0.05, 0) is 57.6 Å². The van der Waals surface area contributed by atoms with Gasteiger partial charge in [0, 0.05) is 44.1 Å². The van der Waals surface area contributed by atoms with Crippen molar-refractivity contribution in [3.63, 3.8) is 0 Å². The molecule has 9 heteroatoms. The minimum Gasteiger partial charge on any atom is -0.444 e. The first-order valence-corrected chi connectivity index (χ1v) is 11.7. The Morgan fingerprint density at radius 2 is 1.74 bits per heavy atom. The summed E-state index contributed by atoms with van der Waals surface area (Å²) in [6.45, 7) is 8.51. The van der Waals surface area contributed by atoms with E-state index in [4.69, 9.17) is 9.72 Å². The van der Waals surface area contributed by atoms with Crippen LogP contribution in [0.15, 0.2) is 36.9 Å². The Morgan fingerprint density at radius 1 is 1.03 bits per heavy atom. The van der Waals surface area contributed by atoms with Gasteiger partial charge in [-0.25, -0.2) is 19.2 Å². The molecular formula is C25H29FN6O2. The highest BCUT2D eigenvalue weighted by molar-refractivity contribution is 5.91. The number of hydrogen-bond donors (Lipinski definition) is 0. The van der Waals surface area contributed by atoms with Crippen LogP contribution in [-0.2, 0) is 4.74 Å². The van der Waals surface area contributed by atoms with E-state index < -0.39 is 11.4 Å². The van der Waals surface area contributed by atoms with Gasteiger partial charge in [0.15, 0.2) is 11.6 Å². The standard InChI is InChI=1S/C25H29FN6O2/c1-24(2,3)34-23(33)32-13-8-25(16-32)6-11-31(12-7-25)22-20-18(26)14-28-15-19(20)29-21(30-22)17-4-9-27-10-5-17/h4-5,9-10,14-15H,6-8,11-13,16H2,1-3H3. The summed E-state index contributed by atoms with van der Waals surface area (Å²) < 4.78 is 20.4. The second-order valence-corrected chi connectivity index (χ2v) is 10.3. The summed E-state index contributed by atoms with van der Waals surface area (Å²) in [6, 6.07) is 3.68. The number of nitrogens with zero attached hydrogens (tertiary/aromatic N) is 6. The normalized spacial score (nSPS) is 18.0. The van der Waals surface area contributed by atoms with Crippen molar-refractivity contribution in [1.29, 1.82) is 0 Å². The van der Waals surface area contributed by atoms with Crippen LogP contribution in [0.4, 0.5) is 15.0 Å². The molecule has 3 aromatic heterocycles. The number of pyridine rings is 2. The van der Waals surface area contributed by atoms with E-state index in [1.807, 2.05) is 37.8 Å². The lowest BCUT2D eigenvalue weighted by molar-refractivity contribution is 0.0266. The molecule has 34 heavy (non-hydrogen) atoms. The number of carbonyl (C=O) groups excluding carboxylic acids is 1. The van der Waals surface area contributed by atoms with Gasteiger partial charge in [-0.2, -0.15) is 0 Å². The lowest BCUT2D eigenvalue weighted by Gasteiger charge is -2.40. The fourth-order valence-electron chi connectivity index (χ4n) is 4.90. The van der Waals surface area contributed by atoms with E-state index in [-0.39, 0.29) is 11.5 Å². The van der Waals surface area contributed by atoms with Crippen molar-refractivity contribution in [2.24, 2.45) is 5.41 Å². The fourth-order valence-corrected chi connectivity index (χ4v) is 4.90. The molecule has 5 rings (SSSR count). The Balaban J connectivity index is 1.38. The summed E-state index contributed by atoms with van der Waals surface area (Å²) in [5, 5.41) is 0.394. The Kier molecular flexibility index (Phi) is 5.58. The number of ether oxygens (including phenoxy) is 1. The highest BCUT2D eigenvalue weighted by Crippen LogP contribution is 2.42. The molecule has 2 fully saturated rings. The number of carbonyl (C=O) groups is 1. The summed E-state index contributed by atoms with van der Waals surface area (Å²) in [5.41, 5.74) is 0.855. The molecule has 0 bridgehead atoms. The van der Waals surface area contributed by atoms with Crippen molar-refractivity contribution < 1.29 is 13.9 Å². The van der Waals surface area contributed by atoms with Crippen molar-refractivity contribution in [3.8, 4) is 11.4 Å². The predicted molar refractivity (Wildman–Crippen MR) is 127 cm³/mol. The molecule has 178 valence electrons. The zero-order valence-corrected chi connectivity index (χ0v) is 19.8. The summed E-state index contributed by atoms with van der Waals surface area (Å²) in [6.07, 6.45) is 8.67. The maximum Gasteiger partial charge on any atom is 0.410 e. The van der Waals surface area contributed by atoms with Crippen LogP contribution in [0.3, 0.4) is 0 Å². The Hall–Kier alpha value is -3.36. The number of halogens is 1. The van der Waals surface area contributed by atoms with Gasteiger partial charge >= 0.3 is 6.09 Å². The molecular weight excluding hydrogens is 435 g/mol. The van der Waals surface area contributed by atoms with Crippen LogP contribution in [0, 0.1) is 11.2 Å². The minimum absolute atomic E-state index is 0.0598. The summed E-state index contributed by atoms with van der Waals surface area (Å²) in [4.78, 5) is 33.9. The maximum absolute atomic E-state index is 14.9. The van der Waals surface area contributed by atoms with E-state index in [1.165, 1.54) is 6.20 Å². The molecule has 0 radical (unpaired) electrons. The number of piperidine rings is 1. The number of hydrogen-bond acceptors (Lipinski definition) is 7. The van der Waals surface area contributed by atoms with E-state index in [1.54, 1.807) is 18.6 Å². The topological polar surface area (TPSA) is 84.3 Å².